The molecule has 0 aliphatic heterocycles. The second-order valence-corrected chi connectivity index (χ2v) is 9.50. The first-order valence-electron chi connectivity index (χ1n) is 10.5. The van der Waals surface area contributed by atoms with Crippen LogP contribution < -0.4 is 10.6 Å². The number of carbonyl (C=O) groups excluding carboxylic acids is 2. The lowest BCUT2D eigenvalue weighted by atomic mass is 9.49. The summed E-state index contributed by atoms with van der Waals surface area (Å²) in [6, 6.07) is 5.73. The lowest BCUT2D eigenvalue weighted by Gasteiger charge is -2.56. The molecule has 5 rings (SSSR count). The quantitative estimate of drug-likeness (QED) is 0.751. The van der Waals surface area contributed by atoms with E-state index in [1.807, 2.05) is 32.0 Å². The van der Waals surface area contributed by atoms with E-state index in [1.54, 1.807) is 0 Å². The molecule has 0 unspecified atom stereocenters. The summed E-state index contributed by atoms with van der Waals surface area (Å²) in [4.78, 5) is 24.7. The van der Waals surface area contributed by atoms with Gasteiger partial charge in [-0.3, -0.25) is 9.59 Å². The summed E-state index contributed by atoms with van der Waals surface area (Å²) in [7, 11) is 0. The summed E-state index contributed by atoms with van der Waals surface area (Å²) in [6.07, 6.45) is 8.69. The molecule has 0 heterocycles. The van der Waals surface area contributed by atoms with Gasteiger partial charge >= 0.3 is 0 Å². The molecule has 0 aromatic heterocycles. The third kappa shape index (κ3) is 4.04. The Labute approximate surface area is 162 Å². The number of aryl methyl sites for hydroxylation is 2. The molecule has 146 valence electrons. The highest BCUT2D eigenvalue weighted by atomic mass is 16.2. The minimum atomic E-state index is -0.0755. The van der Waals surface area contributed by atoms with Gasteiger partial charge in [-0.15, -0.1) is 0 Å². The molecule has 4 heteroatoms. The van der Waals surface area contributed by atoms with Crippen molar-refractivity contribution in [3.8, 4) is 0 Å². The van der Waals surface area contributed by atoms with Crippen LogP contribution in [0.1, 0.15) is 66.4 Å². The minimum Gasteiger partial charge on any atom is -0.354 e. The van der Waals surface area contributed by atoms with Crippen LogP contribution in [0.5, 0.6) is 0 Å². The van der Waals surface area contributed by atoms with Crippen molar-refractivity contribution in [2.45, 2.75) is 58.8 Å². The van der Waals surface area contributed by atoms with Crippen LogP contribution in [0.15, 0.2) is 18.2 Å². The molecule has 1 aromatic carbocycles. The van der Waals surface area contributed by atoms with Crippen molar-refractivity contribution in [3.63, 3.8) is 0 Å². The summed E-state index contributed by atoms with van der Waals surface area (Å²) in [5.41, 5.74) is 3.26. The van der Waals surface area contributed by atoms with E-state index in [4.69, 9.17) is 0 Å². The molecule has 1 aromatic rings. The Morgan fingerprint density at radius 3 is 2.11 bits per heavy atom. The van der Waals surface area contributed by atoms with Crippen molar-refractivity contribution in [1.29, 1.82) is 0 Å². The summed E-state index contributed by atoms with van der Waals surface area (Å²) in [5, 5.41) is 5.94. The summed E-state index contributed by atoms with van der Waals surface area (Å²) < 4.78 is 0. The van der Waals surface area contributed by atoms with Gasteiger partial charge < -0.3 is 10.6 Å². The van der Waals surface area contributed by atoms with Crippen LogP contribution in [-0.4, -0.2) is 24.9 Å². The molecule has 27 heavy (non-hydrogen) atoms. The highest BCUT2D eigenvalue weighted by Gasteiger charge is 2.51. The minimum absolute atomic E-state index is 0.0755. The second kappa shape index (κ2) is 7.29. The fourth-order valence-electron chi connectivity index (χ4n) is 6.27. The Kier molecular flexibility index (Phi) is 5.00. The average molecular weight is 369 g/mol. The molecule has 4 saturated carbocycles. The van der Waals surface area contributed by atoms with Crippen LogP contribution in [0.4, 0.5) is 0 Å². The molecule has 4 aliphatic carbocycles. The van der Waals surface area contributed by atoms with E-state index in [2.05, 4.69) is 10.6 Å². The monoisotopic (exact) mass is 368 g/mol. The van der Waals surface area contributed by atoms with E-state index in [9.17, 15) is 9.59 Å². The maximum Gasteiger partial charge on any atom is 0.251 e. The Balaban J connectivity index is 1.21. The summed E-state index contributed by atoms with van der Waals surface area (Å²) >= 11 is 0. The number of hydrogen-bond acceptors (Lipinski definition) is 2. The molecule has 4 nitrogen and oxygen atoms in total. The number of hydrogen-bond donors (Lipinski definition) is 2. The molecular formula is C23H32N2O2. The first-order valence-corrected chi connectivity index (χ1v) is 10.5. The molecule has 0 atom stereocenters. The molecule has 0 spiro atoms. The Hall–Kier alpha value is -1.84. The first kappa shape index (κ1) is 18.5. The van der Waals surface area contributed by atoms with Gasteiger partial charge in [0.05, 0.1) is 0 Å². The van der Waals surface area contributed by atoms with Gasteiger partial charge in [-0.25, -0.2) is 0 Å². The van der Waals surface area contributed by atoms with Gasteiger partial charge in [-0.05, 0) is 98.8 Å². The van der Waals surface area contributed by atoms with Crippen LogP contribution in [0.2, 0.25) is 0 Å². The smallest absolute Gasteiger partial charge is 0.251 e. The van der Waals surface area contributed by atoms with Crippen molar-refractivity contribution < 1.29 is 9.59 Å². The second-order valence-electron chi connectivity index (χ2n) is 9.50. The van der Waals surface area contributed by atoms with Crippen LogP contribution >= 0.6 is 0 Å². The predicted octanol–water partition coefficient (Wildman–Crippen LogP) is 3.76. The zero-order valence-corrected chi connectivity index (χ0v) is 16.6. The molecular weight excluding hydrogens is 336 g/mol. The fraction of sp³-hybridized carbons (Fsp3) is 0.652. The van der Waals surface area contributed by atoms with Crippen molar-refractivity contribution in [2.24, 2.45) is 23.2 Å². The van der Waals surface area contributed by atoms with Crippen molar-refractivity contribution in [3.05, 3.63) is 34.9 Å². The summed E-state index contributed by atoms with van der Waals surface area (Å²) in [5.74, 6) is 2.72. The average Bonchev–Trinajstić information content (AvgIpc) is 2.59. The zero-order chi connectivity index (χ0) is 19.0. The first-order chi connectivity index (χ1) is 12.9. The molecule has 4 bridgehead atoms. The largest absolute Gasteiger partial charge is 0.354 e. The van der Waals surface area contributed by atoms with Gasteiger partial charge in [0.25, 0.3) is 5.91 Å². The molecule has 4 aliphatic rings. The van der Waals surface area contributed by atoms with Crippen molar-refractivity contribution in [1.82, 2.24) is 10.6 Å². The van der Waals surface area contributed by atoms with Gasteiger partial charge in [0.1, 0.15) is 0 Å². The van der Waals surface area contributed by atoms with Gasteiger partial charge in [0, 0.05) is 25.1 Å². The van der Waals surface area contributed by atoms with E-state index in [-0.39, 0.29) is 17.2 Å². The molecule has 2 N–H and O–H groups in total. The number of carbonyl (C=O) groups is 2. The maximum absolute atomic E-state index is 12.5. The van der Waals surface area contributed by atoms with Gasteiger partial charge in [-0.2, -0.15) is 0 Å². The van der Waals surface area contributed by atoms with Crippen LogP contribution in [-0.2, 0) is 4.79 Å². The van der Waals surface area contributed by atoms with Gasteiger partial charge in [-0.1, -0.05) is 6.07 Å². The van der Waals surface area contributed by atoms with Crippen LogP contribution in [0.25, 0.3) is 0 Å². The summed E-state index contributed by atoms with van der Waals surface area (Å²) in [6.45, 7) is 5.02. The Morgan fingerprint density at radius 2 is 1.52 bits per heavy atom. The number of benzene rings is 1. The lowest BCUT2D eigenvalue weighted by molar-refractivity contribution is -0.129. The number of nitrogens with one attached hydrogen (secondary N) is 2. The van der Waals surface area contributed by atoms with Crippen molar-refractivity contribution in [2.75, 3.05) is 13.1 Å². The predicted molar refractivity (Wildman–Crippen MR) is 106 cm³/mol. The van der Waals surface area contributed by atoms with Gasteiger partial charge in [0.2, 0.25) is 5.91 Å². The SMILES string of the molecule is Cc1ccc(C(=O)NCCNC(=O)CC23CC4CC(CC(C4)C2)C3)cc1C. The van der Waals surface area contributed by atoms with E-state index in [1.165, 1.54) is 44.1 Å². The Morgan fingerprint density at radius 1 is 0.926 bits per heavy atom. The Bertz CT molecular complexity index is 705. The lowest BCUT2D eigenvalue weighted by Crippen LogP contribution is -2.48. The number of amides is 2. The van der Waals surface area contributed by atoms with E-state index in [0.29, 0.717) is 25.1 Å². The number of rotatable bonds is 6. The van der Waals surface area contributed by atoms with E-state index < -0.39 is 0 Å². The van der Waals surface area contributed by atoms with Crippen molar-refractivity contribution >= 4 is 11.8 Å². The fourth-order valence-corrected chi connectivity index (χ4v) is 6.27. The highest BCUT2D eigenvalue weighted by molar-refractivity contribution is 5.94. The van der Waals surface area contributed by atoms with Gasteiger partial charge in [0.15, 0.2) is 0 Å². The molecule has 2 amide bonds. The van der Waals surface area contributed by atoms with E-state index in [0.717, 1.165) is 23.3 Å². The molecule has 4 fully saturated rings. The third-order valence-corrected chi connectivity index (χ3v) is 7.20. The van der Waals surface area contributed by atoms with Crippen LogP contribution in [0, 0.1) is 37.0 Å². The van der Waals surface area contributed by atoms with E-state index >= 15 is 0 Å². The molecule has 0 radical (unpaired) electrons. The standard InChI is InChI=1S/C23H32N2O2/c1-15-3-4-20(7-16(15)2)22(27)25-6-5-24-21(26)14-23-11-17-8-18(12-23)10-19(9-17)13-23/h3-4,7,17-19H,5-6,8-14H2,1-2H3,(H,24,26)(H,25,27). The molecule has 0 saturated heterocycles. The highest BCUT2D eigenvalue weighted by Crippen LogP contribution is 2.61. The normalized spacial score (nSPS) is 31.0. The maximum atomic E-state index is 12.5. The zero-order valence-electron chi connectivity index (χ0n) is 16.6. The van der Waals surface area contributed by atoms with Crippen LogP contribution in [0.3, 0.4) is 0 Å². The topological polar surface area (TPSA) is 58.2 Å². The third-order valence-electron chi connectivity index (χ3n) is 7.20.